The molecular formula is C15H25FN4O. The number of anilines is 1. The first-order valence-corrected chi connectivity index (χ1v) is 7.37. The van der Waals surface area contributed by atoms with Crippen LogP contribution in [0.5, 0.6) is 0 Å². The Hall–Kier alpha value is -1.69. The van der Waals surface area contributed by atoms with Crippen molar-refractivity contribution in [1.29, 1.82) is 0 Å². The highest BCUT2D eigenvalue weighted by Crippen LogP contribution is 2.14. The van der Waals surface area contributed by atoms with Crippen LogP contribution in [0.25, 0.3) is 0 Å². The van der Waals surface area contributed by atoms with E-state index in [0.29, 0.717) is 13.1 Å². The number of pyridine rings is 1. The van der Waals surface area contributed by atoms with Gasteiger partial charge in [-0.15, -0.1) is 0 Å². The van der Waals surface area contributed by atoms with Crippen molar-refractivity contribution >= 4 is 11.7 Å². The van der Waals surface area contributed by atoms with Crippen molar-refractivity contribution in [2.75, 3.05) is 39.0 Å². The standard InChI is InChI=1S/C15H25FN4O/c1-4-8-17-14-13(16)12(7-10-18-14)15(21)19-9-5-6-11-20(2)3/h7,10H,4-6,8-9,11H2,1-3H3,(H,17,18)(H,19,21). The number of unbranched alkanes of at least 4 members (excludes halogenated alkanes) is 1. The summed E-state index contributed by atoms with van der Waals surface area (Å²) in [6.45, 7) is 4.13. The van der Waals surface area contributed by atoms with Gasteiger partial charge in [-0.1, -0.05) is 6.92 Å². The van der Waals surface area contributed by atoms with Gasteiger partial charge in [0.15, 0.2) is 11.6 Å². The van der Waals surface area contributed by atoms with E-state index in [2.05, 4.69) is 20.5 Å². The van der Waals surface area contributed by atoms with E-state index in [-0.39, 0.29) is 17.3 Å². The monoisotopic (exact) mass is 296 g/mol. The Morgan fingerprint density at radius 3 is 2.76 bits per heavy atom. The molecule has 1 aromatic heterocycles. The lowest BCUT2D eigenvalue weighted by Gasteiger charge is -2.11. The third-order valence-electron chi connectivity index (χ3n) is 2.99. The Kier molecular flexibility index (Phi) is 7.68. The van der Waals surface area contributed by atoms with Gasteiger partial charge in [-0.2, -0.15) is 0 Å². The van der Waals surface area contributed by atoms with Gasteiger partial charge in [0.05, 0.1) is 5.56 Å². The van der Waals surface area contributed by atoms with Crippen molar-refractivity contribution in [3.05, 3.63) is 23.6 Å². The van der Waals surface area contributed by atoms with Gasteiger partial charge < -0.3 is 15.5 Å². The van der Waals surface area contributed by atoms with E-state index in [9.17, 15) is 9.18 Å². The van der Waals surface area contributed by atoms with Crippen molar-refractivity contribution in [3.63, 3.8) is 0 Å². The molecule has 0 atom stereocenters. The lowest BCUT2D eigenvalue weighted by molar-refractivity contribution is 0.0948. The molecule has 0 spiro atoms. The first kappa shape index (κ1) is 17.4. The van der Waals surface area contributed by atoms with Crippen LogP contribution < -0.4 is 10.6 Å². The summed E-state index contributed by atoms with van der Waals surface area (Å²) in [5.74, 6) is -0.840. The topological polar surface area (TPSA) is 57.3 Å². The summed E-state index contributed by atoms with van der Waals surface area (Å²) in [6, 6.07) is 1.40. The van der Waals surface area contributed by atoms with Crippen LogP contribution >= 0.6 is 0 Å². The van der Waals surface area contributed by atoms with Crippen molar-refractivity contribution in [3.8, 4) is 0 Å². The molecule has 1 amide bonds. The predicted molar refractivity (Wildman–Crippen MR) is 83.1 cm³/mol. The average Bonchev–Trinajstić information content (AvgIpc) is 2.45. The fourth-order valence-electron chi connectivity index (χ4n) is 1.84. The highest BCUT2D eigenvalue weighted by Gasteiger charge is 2.15. The Labute approximate surface area is 125 Å². The first-order valence-electron chi connectivity index (χ1n) is 7.37. The van der Waals surface area contributed by atoms with E-state index < -0.39 is 5.82 Å². The molecule has 0 bridgehead atoms. The number of aromatic nitrogens is 1. The molecule has 118 valence electrons. The molecule has 0 aliphatic rings. The fraction of sp³-hybridized carbons (Fsp3) is 0.600. The second kappa shape index (κ2) is 9.28. The first-order chi connectivity index (χ1) is 10.1. The van der Waals surface area contributed by atoms with Crippen LogP contribution in [0.3, 0.4) is 0 Å². The number of amides is 1. The number of halogens is 1. The van der Waals surface area contributed by atoms with Gasteiger partial charge in [0.2, 0.25) is 0 Å². The van der Waals surface area contributed by atoms with Crippen LogP contribution in [0, 0.1) is 5.82 Å². The minimum atomic E-state index is -0.586. The molecule has 1 heterocycles. The number of nitrogens with zero attached hydrogens (tertiary/aromatic N) is 2. The van der Waals surface area contributed by atoms with Gasteiger partial charge in [-0.25, -0.2) is 9.37 Å². The number of hydrogen-bond acceptors (Lipinski definition) is 4. The molecule has 0 radical (unpaired) electrons. The van der Waals surface area contributed by atoms with E-state index in [1.165, 1.54) is 12.3 Å². The van der Waals surface area contributed by atoms with Crippen LogP contribution in [-0.4, -0.2) is 49.5 Å². The zero-order valence-electron chi connectivity index (χ0n) is 13.1. The molecule has 2 N–H and O–H groups in total. The van der Waals surface area contributed by atoms with Crippen LogP contribution in [0.1, 0.15) is 36.5 Å². The highest BCUT2D eigenvalue weighted by atomic mass is 19.1. The molecule has 1 aromatic rings. The van der Waals surface area contributed by atoms with Gasteiger partial charge in [-0.3, -0.25) is 4.79 Å². The summed E-state index contributed by atoms with van der Waals surface area (Å²) < 4.78 is 14.1. The van der Waals surface area contributed by atoms with Crippen LogP contribution in [0.4, 0.5) is 10.2 Å². The maximum atomic E-state index is 14.1. The van der Waals surface area contributed by atoms with Crippen molar-refractivity contribution in [2.24, 2.45) is 0 Å². The molecule has 0 unspecified atom stereocenters. The minimum Gasteiger partial charge on any atom is -0.368 e. The molecular weight excluding hydrogens is 271 g/mol. The van der Waals surface area contributed by atoms with Gasteiger partial charge >= 0.3 is 0 Å². The van der Waals surface area contributed by atoms with E-state index in [4.69, 9.17) is 0 Å². The maximum Gasteiger partial charge on any atom is 0.254 e. The molecule has 21 heavy (non-hydrogen) atoms. The summed E-state index contributed by atoms with van der Waals surface area (Å²) in [4.78, 5) is 18.0. The van der Waals surface area contributed by atoms with Crippen LogP contribution in [-0.2, 0) is 0 Å². The summed E-state index contributed by atoms with van der Waals surface area (Å²) in [5, 5.41) is 5.62. The third-order valence-corrected chi connectivity index (χ3v) is 2.99. The van der Waals surface area contributed by atoms with Crippen molar-refractivity contribution in [2.45, 2.75) is 26.2 Å². The Morgan fingerprint density at radius 2 is 2.10 bits per heavy atom. The third kappa shape index (κ3) is 6.08. The Bertz CT molecular complexity index is 451. The van der Waals surface area contributed by atoms with Gasteiger partial charge in [0.25, 0.3) is 5.91 Å². The predicted octanol–water partition coefficient (Wildman–Crippen LogP) is 2.11. The van der Waals surface area contributed by atoms with Crippen LogP contribution in [0.2, 0.25) is 0 Å². The second-order valence-corrected chi connectivity index (χ2v) is 5.21. The van der Waals surface area contributed by atoms with E-state index in [1.807, 2.05) is 21.0 Å². The van der Waals surface area contributed by atoms with Crippen molar-refractivity contribution in [1.82, 2.24) is 15.2 Å². The SMILES string of the molecule is CCCNc1nccc(C(=O)NCCCCN(C)C)c1F. The minimum absolute atomic E-state index is 0.0382. The molecule has 1 rings (SSSR count). The normalized spacial score (nSPS) is 10.7. The average molecular weight is 296 g/mol. The molecule has 0 fully saturated rings. The fourth-order valence-corrected chi connectivity index (χ4v) is 1.84. The van der Waals surface area contributed by atoms with Crippen LogP contribution in [0.15, 0.2) is 12.3 Å². The molecule has 5 nitrogen and oxygen atoms in total. The number of carbonyl (C=O) groups excluding carboxylic acids is 1. The molecule has 0 aliphatic carbocycles. The van der Waals surface area contributed by atoms with Gasteiger partial charge in [0.1, 0.15) is 0 Å². The van der Waals surface area contributed by atoms with Gasteiger partial charge in [0, 0.05) is 19.3 Å². The van der Waals surface area contributed by atoms with E-state index in [1.54, 1.807) is 0 Å². The Morgan fingerprint density at radius 1 is 1.33 bits per heavy atom. The maximum absolute atomic E-state index is 14.1. The lowest BCUT2D eigenvalue weighted by atomic mass is 10.2. The smallest absolute Gasteiger partial charge is 0.254 e. The number of carbonyl (C=O) groups is 1. The van der Waals surface area contributed by atoms with E-state index >= 15 is 0 Å². The van der Waals surface area contributed by atoms with Crippen molar-refractivity contribution < 1.29 is 9.18 Å². The highest BCUT2D eigenvalue weighted by molar-refractivity contribution is 5.95. The number of nitrogens with one attached hydrogen (secondary N) is 2. The molecule has 0 saturated heterocycles. The molecule has 6 heteroatoms. The Balaban J connectivity index is 2.50. The lowest BCUT2D eigenvalue weighted by Crippen LogP contribution is -2.26. The summed E-state index contributed by atoms with van der Waals surface area (Å²) in [7, 11) is 4.02. The molecule has 0 aromatic carbocycles. The summed E-state index contributed by atoms with van der Waals surface area (Å²) >= 11 is 0. The zero-order valence-corrected chi connectivity index (χ0v) is 13.1. The van der Waals surface area contributed by atoms with E-state index in [0.717, 1.165) is 25.8 Å². The quantitative estimate of drug-likeness (QED) is 0.685. The zero-order chi connectivity index (χ0) is 15.7. The largest absolute Gasteiger partial charge is 0.368 e. The van der Waals surface area contributed by atoms with Gasteiger partial charge in [-0.05, 0) is 46.0 Å². The summed E-state index contributed by atoms with van der Waals surface area (Å²) in [5.41, 5.74) is 0.0382. The second-order valence-electron chi connectivity index (χ2n) is 5.21. The molecule has 0 aliphatic heterocycles. The number of rotatable bonds is 9. The molecule has 0 saturated carbocycles. The number of hydrogen-bond donors (Lipinski definition) is 2. The summed E-state index contributed by atoms with van der Waals surface area (Å²) in [6.07, 6.45) is 4.18.